The molecule has 2 N–H and O–H groups in total. The van der Waals surface area contributed by atoms with Gasteiger partial charge in [-0.1, -0.05) is 56.3 Å². The number of amides is 1. The molecule has 0 bridgehead atoms. The fraction of sp³-hybridized carbons (Fsp3) is 0.333. The Labute approximate surface area is 237 Å². The van der Waals surface area contributed by atoms with Gasteiger partial charge in [0.15, 0.2) is 5.11 Å². The molecule has 7 nitrogen and oxygen atoms in total. The van der Waals surface area contributed by atoms with Crippen LogP contribution in [-0.2, 0) is 21.4 Å². The lowest BCUT2D eigenvalue weighted by atomic mass is 9.87. The van der Waals surface area contributed by atoms with Crippen molar-refractivity contribution in [1.82, 2.24) is 9.62 Å². The number of thiocarbonyl (C=S) groups is 1. The largest absolute Gasteiger partial charge is 0.493 e. The van der Waals surface area contributed by atoms with Crippen molar-refractivity contribution in [2.75, 3.05) is 19.0 Å². The third-order valence-corrected chi connectivity index (χ3v) is 8.48. The first-order valence-corrected chi connectivity index (χ1v) is 14.7. The summed E-state index contributed by atoms with van der Waals surface area (Å²) in [6.45, 7) is 8.56. The molecule has 3 rings (SSSR count). The van der Waals surface area contributed by atoms with E-state index >= 15 is 0 Å². The van der Waals surface area contributed by atoms with Crippen LogP contribution in [0.4, 0.5) is 5.69 Å². The van der Waals surface area contributed by atoms with E-state index in [0.29, 0.717) is 25.1 Å². The van der Waals surface area contributed by atoms with Gasteiger partial charge in [-0.05, 0) is 85.9 Å². The van der Waals surface area contributed by atoms with Crippen molar-refractivity contribution >= 4 is 38.9 Å². The van der Waals surface area contributed by atoms with E-state index in [-0.39, 0.29) is 22.5 Å². The highest BCUT2D eigenvalue weighted by Crippen LogP contribution is 2.25. The molecule has 3 aromatic carbocycles. The van der Waals surface area contributed by atoms with E-state index in [0.717, 1.165) is 22.4 Å². The minimum atomic E-state index is -3.66. The van der Waals surface area contributed by atoms with Crippen LogP contribution < -0.4 is 15.4 Å². The van der Waals surface area contributed by atoms with Gasteiger partial charge >= 0.3 is 0 Å². The summed E-state index contributed by atoms with van der Waals surface area (Å²) < 4.78 is 33.1. The van der Waals surface area contributed by atoms with Crippen LogP contribution in [0, 0.1) is 19.3 Å². The minimum Gasteiger partial charge on any atom is -0.493 e. The van der Waals surface area contributed by atoms with Crippen LogP contribution in [0.3, 0.4) is 0 Å². The number of ether oxygens (including phenoxy) is 1. The Morgan fingerprint density at radius 1 is 1.00 bits per heavy atom. The van der Waals surface area contributed by atoms with Crippen LogP contribution in [0.2, 0.25) is 0 Å². The molecule has 0 atom stereocenters. The highest BCUT2D eigenvalue weighted by atomic mass is 32.2. The lowest BCUT2D eigenvalue weighted by Gasteiger charge is -2.24. The zero-order valence-electron chi connectivity index (χ0n) is 23.2. The number of sulfonamides is 1. The molecule has 39 heavy (non-hydrogen) atoms. The van der Waals surface area contributed by atoms with Gasteiger partial charge < -0.3 is 15.4 Å². The number of nitrogens with one attached hydrogen (secondary N) is 2. The predicted molar refractivity (Wildman–Crippen MR) is 160 cm³/mol. The van der Waals surface area contributed by atoms with E-state index in [2.05, 4.69) is 16.7 Å². The van der Waals surface area contributed by atoms with Crippen LogP contribution in [-0.4, -0.2) is 37.4 Å². The van der Waals surface area contributed by atoms with Crippen molar-refractivity contribution in [2.45, 2.75) is 52.0 Å². The van der Waals surface area contributed by atoms with E-state index < -0.39 is 15.4 Å². The smallest absolute Gasteiger partial charge is 0.243 e. The van der Waals surface area contributed by atoms with E-state index in [4.69, 9.17) is 17.0 Å². The Morgan fingerprint density at radius 2 is 1.67 bits per heavy atom. The van der Waals surface area contributed by atoms with Crippen molar-refractivity contribution in [3.8, 4) is 5.75 Å². The Kier molecular flexibility index (Phi) is 10.2. The maximum atomic E-state index is 13.0. The molecule has 0 aromatic heterocycles. The predicted octanol–water partition coefficient (Wildman–Crippen LogP) is 5.82. The Hall–Kier alpha value is -3.27. The molecule has 1 amide bonds. The van der Waals surface area contributed by atoms with Crippen molar-refractivity contribution < 1.29 is 17.9 Å². The molecule has 0 unspecified atom stereocenters. The summed E-state index contributed by atoms with van der Waals surface area (Å²) in [5, 5.41) is 5.86. The number of hydrogen-bond acceptors (Lipinski definition) is 5. The molecule has 0 aliphatic heterocycles. The van der Waals surface area contributed by atoms with Crippen LogP contribution in [0.1, 0.15) is 43.4 Å². The molecule has 0 aliphatic carbocycles. The molecule has 0 saturated heterocycles. The third kappa shape index (κ3) is 8.61. The molecule has 0 spiro atoms. The summed E-state index contributed by atoms with van der Waals surface area (Å²) in [6.07, 6.45) is 1.33. The average Bonchev–Trinajstić information content (AvgIpc) is 2.89. The second kappa shape index (κ2) is 13.2. The number of rotatable bonds is 11. The van der Waals surface area contributed by atoms with Gasteiger partial charge in [-0.2, -0.15) is 4.31 Å². The first-order chi connectivity index (χ1) is 18.4. The van der Waals surface area contributed by atoms with Gasteiger partial charge in [-0.15, -0.1) is 0 Å². The molecule has 0 radical (unpaired) electrons. The zero-order chi connectivity index (χ0) is 28.6. The third-order valence-electron chi connectivity index (χ3n) is 6.46. The standard InChI is InChI=1S/C30H37N3O4S2/c1-22-12-13-23(2)27(20-22)37-19-9-18-30(3,4)28(34)32-29(38)31-25-14-16-26(17-15-25)39(35,36)33(5)21-24-10-7-6-8-11-24/h6-8,10-17,20H,9,18-19,21H2,1-5H3,(H2,31,32,34,38). The van der Waals surface area contributed by atoms with E-state index in [9.17, 15) is 13.2 Å². The second-order valence-corrected chi connectivity index (χ2v) is 12.7. The van der Waals surface area contributed by atoms with Gasteiger partial charge in [0.1, 0.15) is 5.75 Å². The SMILES string of the molecule is Cc1ccc(C)c(OCCCC(C)(C)C(=O)NC(=S)Nc2ccc(S(=O)(=O)N(C)Cc3ccccc3)cc2)c1. The van der Waals surface area contributed by atoms with Gasteiger partial charge in [0, 0.05) is 24.7 Å². The maximum absolute atomic E-state index is 13.0. The van der Waals surface area contributed by atoms with Crippen molar-refractivity contribution in [2.24, 2.45) is 5.41 Å². The van der Waals surface area contributed by atoms with Gasteiger partial charge in [-0.3, -0.25) is 4.79 Å². The molecule has 0 heterocycles. The number of hydrogen-bond donors (Lipinski definition) is 2. The van der Waals surface area contributed by atoms with Crippen molar-refractivity contribution in [1.29, 1.82) is 0 Å². The maximum Gasteiger partial charge on any atom is 0.243 e. The van der Waals surface area contributed by atoms with Gasteiger partial charge in [0.25, 0.3) is 0 Å². The molecule has 3 aromatic rings. The highest BCUT2D eigenvalue weighted by Gasteiger charge is 2.28. The number of nitrogens with zero attached hydrogens (tertiary/aromatic N) is 1. The van der Waals surface area contributed by atoms with Gasteiger partial charge in [0.2, 0.25) is 15.9 Å². The number of aryl methyl sites for hydroxylation is 2. The molecular formula is C30H37N3O4S2. The Balaban J connectivity index is 1.49. The van der Waals surface area contributed by atoms with Gasteiger partial charge in [-0.25, -0.2) is 8.42 Å². The zero-order valence-corrected chi connectivity index (χ0v) is 24.8. The average molecular weight is 568 g/mol. The first-order valence-electron chi connectivity index (χ1n) is 12.8. The monoisotopic (exact) mass is 567 g/mol. The quantitative estimate of drug-likeness (QED) is 0.224. The van der Waals surface area contributed by atoms with Gasteiger partial charge in [0.05, 0.1) is 11.5 Å². The summed E-state index contributed by atoms with van der Waals surface area (Å²) >= 11 is 5.33. The summed E-state index contributed by atoms with van der Waals surface area (Å²) in [5.41, 5.74) is 3.05. The molecule has 9 heteroatoms. The number of carbonyl (C=O) groups is 1. The molecule has 0 aliphatic rings. The van der Waals surface area contributed by atoms with E-state index in [1.54, 1.807) is 19.2 Å². The molecule has 0 saturated carbocycles. The Morgan fingerprint density at radius 3 is 2.33 bits per heavy atom. The first kappa shape index (κ1) is 30.3. The second-order valence-electron chi connectivity index (χ2n) is 10.3. The van der Waals surface area contributed by atoms with Crippen LogP contribution in [0.15, 0.2) is 77.7 Å². The summed E-state index contributed by atoms with van der Waals surface area (Å²) in [4.78, 5) is 13.0. The normalized spacial score (nSPS) is 11.7. The fourth-order valence-corrected chi connectivity index (χ4v) is 5.29. The van der Waals surface area contributed by atoms with E-state index in [1.165, 1.54) is 16.4 Å². The lowest BCUT2D eigenvalue weighted by molar-refractivity contribution is -0.128. The van der Waals surface area contributed by atoms with Crippen LogP contribution in [0.5, 0.6) is 5.75 Å². The number of carbonyl (C=O) groups excluding carboxylic acids is 1. The molecular weight excluding hydrogens is 530 g/mol. The highest BCUT2D eigenvalue weighted by molar-refractivity contribution is 7.89. The molecule has 0 fully saturated rings. The number of anilines is 1. The van der Waals surface area contributed by atoms with Crippen LogP contribution >= 0.6 is 12.2 Å². The molecule has 208 valence electrons. The van der Waals surface area contributed by atoms with Crippen molar-refractivity contribution in [3.05, 3.63) is 89.5 Å². The fourth-order valence-electron chi connectivity index (χ4n) is 3.92. The summed E-state index contributed by atoms with van der Waals surface area (Å²) in [6, 6.07) is 21.8. The Bertz CT molecular complexity index is 1390. The summed E-state index contributed by atoms with van der Waals surface area (Å²) in [5.74, 6) is 0.665. The topological polar surface area (TPSA) is 87.7 Å². The minimum absolute atomic E-state index is 0.150. The van der Waals surface area contributed by atoms with Crippen LogP contribution in [0.25, 0.3) is 0 Å². The summed E-state index contributed by atoms with van der Waals surface area (Å²) in [7, 11) is -2.11. The number of benzene rings is 3. The van der Waals surface area contributed by atoms with E-state index in [1.807, 2.05) is 70.2 Å². The van der Waals surface area contributed by atoms with Crippen molar-refractivity contribution in [3.63, 3.8) is 0 Å². The lowest BCUT2D eigenvalue weighted by Crippen LogP contribution is -2.42.